The molecule has 19 heavy (non-hydrogen) atoms. The molecule has 0 aromatic heterocycles. The molecular formula is C14H27ClN2O2. The lowest BCUT2D eigenvalue weighted by atomic mass is 9.79. The van der Waals surface area contributed by atoms with E-state index in [1.807, 2.05) is 4.90 Å². The van der Waals surface area contributed by atoms with Crippen LogP contribution >= 0.6 is 12.4 Å². The van der Waals surface area contributed by atoms with Crippen LogP contribution in [-0.4, -0.2) is 43.2 Å². The number of ether oxygens (including phenoxy) is 1. The molecule has 1 saturated carbocycles. The third kappa shape index (κ3) is 4.93. The van der Waals surface area contributed by atoms with Gasteiger partial charge in [-0.1, -0.05) is 13.8 Å². The second-order valence-corrected chi connectivity index (χ2v) is 6.47. The van der Waals surface area contributed by atoms with Crippen molar-refractivity contribution in [3.63, 3.8) is 0 Å². The van der Waals surface area contributed by atoms with Crippen molar-refractivity contribution >= 4 is 18.3 Å². The van der Waals surface area contributed by atoms with Gasteiger partial charge >= 0.3 is 0 Å². The van der Waals surface area contributed by atoms with Gasteiger partial charge in [0.2, 0.25) is 5.91 Å². The first-order valence-corrected chi connectivity index (χ1v) is 7.10. The van der Waals surface area contributed by atoms with E-state index < -0.39 is 0 Å². The van der Waals surface area contributed by atoms with Gasteiger partial charge in [-0.3, -0.25) is 4.79 Å². The molecule has 2 rings (SSSR count). The van der Waals surface area contributed by atoms with E-state index in [1.54, 1.807) is 0 Å². The maximum atomic E-state index is 12.1. The molecule has 2 aliphatic rings. The minimum absolute atomic E-state index is 0. The molecular weight excluding hydrogens is 264 g/mol. The highest BCUT2D eigenvalue weighted by Crippen LogP contribution is 2.29. The van der Waals surface area contributed by atoms with E-state index in [-0.39, 0.29) is 29.8 Å². The molecule has 2 N–H and O–H groups in total. The molecule has 0 spiro atoms. The predicted molar refractivity (Wildman–Crippen MR) is 78.4 cm³/mol. The maximum Gasteiger partial charge on any atom is 0.224 e. The highest BCUT2D eigenvalue weighted by atomic mass is 35.5. The van der Waals surface area contributed by atoms with Crippen LogP contribution in [0.3, 0.4) is 0 Å². The molecule has 0 aromatic carbocycles. The number of nitrogens with zero attached hydrogens (tertiary/aromatic N) is 1. The number of hydrogen-bond donors (Lipinski definition) is 1. The summed E-state index contributed by atoms with van der Waals surface area (Å²) in [6, 6.07) is 0.202. The Bertz CT molecular complexity index is 306. The summed E-state index contributed by atoms with van der Waals surface area (Å²) < 4.78 is 5.52. The minimum Gasteiger partial charge on any atom is -0.381 e. The van der Waals surface area contributed by atoms with Crippen LogP contribution in [0.25, 0.3) is 0 Å². The Labute approximate surface area is 122 Å². The predicted octanol–water partition coefficient (Wildman–Crippen LogP) is 1.81. The van der Waals surface area contributed by atoms with Crippen LogP contribution in [0.2, 0.25) is 0 Å². The molecule has 1 aliphatic carbocycles. The van der Waals surface area contributed by atoms with Crippen molar-refractivity contribution in [1.29, 1.82) is 0 Å². The minimum atomic E-state index is 0. The van der Waals surface area contributed by atoms with Gasteiger partial charge in [-0.25, -0.2) is 0 Å². The first-order chi connectivity index (χ1) is 8.49. The summed E-state index contributed by atoms with van der Waals surface area (Å²) in [4.78, 5) is 14.0. The van der Waals surface area contributed by atoms with Crippen LogP contribution in [0.5, 0.6) is 0 Å². The van der Waals surface area contributed by atoms with Crippen LogP contribution in [0.4, 0.5) is 0 Å². The largest absolute Gasteiger partial charge is 0.381 e. The second-order valence-electron chi connectivity index (χ2n) is 6.47. The second kappa shape index (κ2) is 6.91. The van der Waals surface area contributed by atoms with E-state index in [4.69, 9.17) is 10.5 Å². The van der Waals surface area contributed by atoms with Gasteiger partial charge < -0.3 is 15.4 Å². The summed E-state index contributed by atoms with van der Waals surface area (Å²) in [5.74, 6) is 0.984. The van der Waals surface area contributed by atoms with Crippen molar-refractivity contribution in [3.8, 4) is 0 Å². The Morgan fingerprint density at radius 2 is 2.05 bits per heavy atom. The normalized spacial score (nSPS) is 25.8. The van der Waals surface area contributed by atoms with Crippen LogP contribution < -0.4 is 5.73 Å². The van der Waals surface area contributed by atoms with Crippen molar-refractivity contribution in [3.05, 3.63) is 0 Å². The first kappa shape index (κ1) is 16.7. The molecule has 0 radical (unpaired) electrons. The zero-order valence-electron chi connectivity index (χ0n) is 12.1. The number of halogens is 1. The Balaban J connectivity index is 0.00000180. The standard InChI is InChI=1S/C14H26N2O2.ClH/c1-14(2)10-16(7-5-12(14)15)13(17)6-8-18-9-11-3-4-11;/h11-12H,3-10,15H2,1-2H3;1H. The number of nitrogens with two attached hydrogens (primary N) is 1. The maximum absolute atomic E-state index is 12.1. The summed E-state index contributed by atoms with van der Waals surface area (Å²) in [6.45, 7) is 7.26. The molecule has 1 saturated heterocycles. The zero-order chi connectivity index (χ0) is 13.2. The fourth-order valence-electron chi connectivity index (χ4n) is 2.44. The van der Waals surface area contributed by atoms with E-state index >= 15 is 0 Å². The fourth-order valence-corrected chi connectivity index (χ4v) is 2.44. The topological polar surface area (TPSA) is 55.6 Å². The van der Waals surface area contributed by atoms with Crippen LogP contribution in [0, 0.1) is 11.3 Å². The lowest BCUT2D eigenvalue weighted by Crippen LogP contribution is -2.54. The van der Waals surface area contributed by atoms with Gasteiger partial charge in [-0.15, -0.1) is 12.4 Å². The molecule has 112 valence electrons. The lowest BCUT2D eigenvalue weighted by molar-refractivity contribution is -0.135. The van der Waals surface area contributed by atoms with Gasteiger partial charge in [0.1, 0.15) is 0 Å². The summed E-state index contributed by atoms with van der Waals surface area (Å²) >= 11 is 0. The molecule has 1 unspecified atom stereocenters. The zero-order valence-corrected chi connectivity index (χ0v) is 12.9. The highest BCUT2D eigenvalue weighted by Gasteiger charge is 2.35. The van der Waals surface area contributed by atoms with E-state index in [2.05, 4.69) is 13.8 Å². The number of likely N-dealkylation sites (tertiary alicyclic amines) is 1. The molecule has 4 nitrogen and oxygen atoms in total. The Kier molecular flexibility index (Phi) is 6.09. The Morgan fingerprint density at radius 1 is 1.37 bits per heavy atom. The van der Waals surface area contributed by atoms with Gasteiger partial charge in [0, 0.05) is 25.7 Å². The Hall–Kier alpha value is -0.320. The summed E-state index contributed by atoms with van der Waals surface area (Å²) in [5.41, 5.74) is 6.10. The van der Waals surface area contributed by atoms with E-state index in [0.29, 0.717) is 13.0 Å². The van der Waals surface area contributed by atoms with Crippen molar-refractivity contribution in [1.82, 2.24) is 4.90 Å². The van der Waals surface area contributed by atoms with Crippen molar-refractivity contribution in [2.45, 2.75) is 45.6 Å². The third-order valence-corrected chi connectivity index (χ3v) is 4.18. The van der Waals surface area contributed by atoms with Crippen LogP contribution in [0.15, 0.2) is 0 Å². The van der Waals surface area contributed by atoms with Gasteiger partial charge in [0.15, 0.2) is 0 Å². The average Bonchev–Trinajstić information content (AvgIpc) is 3.11. The summed E-state index contributed by atoms with van der Waals surface area (Å²) in [7, 11) is 0. The number of carbonyl (C=O) groups is 1. The molecule has 2 fully saturated rings. The van der Waals surface area contributed by atoms with E-state index in [0.717, 1.165) is 32.0 Å². The molecule has 1 heterocycles. The highest BCUT2D eigenvalue weighted by molar-refractivity contribution is 5.85. The number of carbonyl (C=O) groups excluding carboxylic acids is 1. The van der Waals surface area contributed by atoms with E-state index in [9.17, 15) is 4.79 Å². The van der Waals surface area contributed by atoms with Gasteiger partial charge in [-0.2, -0.15) is 0 Å². The molecule has 0 bridgehead atoms. The fraction of sp³-hybridized carbons (Fsp3) is 0.929. The molecule has 1 atom stereocenters. The first-order valence-electron chi connectivity index (χ1n) is 7.10. The molecule has 1 aliphatic heterocycles. The lowest BCUT2D eigenvalue weighted by Gasteiger charge is -2.42. The van der Waals surface area contributed by atoms with Crippen LogP contribution in [-0.2, 0) is 9.53 Å². The third-order valence-electron chi connectivity index (χ3n) is 4.18. The monoisotopic (exact) mass is 290 g/mol. The van der Waals surface area contributed by atoms with Gasteiger partial charge in [-0.05, 0) is 30.6 Å². The number of piperidine rings is 1. The Morgan fingerprint density at radius 3 is 2.63 bits per heavy atom. The summed E-state index contributed by atoms with van der Waals surface area (Å²) in [6.07, 6.45) is 4.01. The number of rotatable bonds is 5. The van der Waals surface area contributed by atoms with Gasteiger partial charge in [0.25, 0.3) is 0 Å². The van der Waals surface area contributed by atoms with Crippen molar-refractivity contribution in [2.75, 3.05) is 26.3 Å². The van der Waals surface area contributed by atoms with Crippen LogP contribution in [0.1, 0.15) is 39.5 Å². The summed E-state index contributed by atoms with van der Waals surface area (Å²) in [5, 5.41) is 0. The van der Waals surface area contributed by atoms with Crippen molar-refractivity contribution in [2.24, 2.45) is 17.1 Å². The van der Waals surface area contributed by atoms with E-state index in [1.165, 1.54) is 12.8 Å². The molecule has 5 heteroatoms. The average molecular weight is 291 g/mol. The number of amides is 1. The smallest absolute Gasteiger partial charge is 0.224 e. The van der Waals surface area contributed by atoms with Gasteiger partial charge in [0.05, 0.1) is 13.0 Å². The van der Waals surface area contributed by atoms with Crippen molar-refractivity contribution < 1.29 is 9.53 Å². The quantitative estimate of drug-likeness (QED) is 0.786. The molecule has 1 amide bonds. The molecule has 0 aromatic rings. The SMILES string of the molecule is CC1(C)CN(C(=O)CCOCC2CC2)CCC1N.Cl. The number of hydrogen-bond acceptors (Lipinski definition) is 3.